The number of aliphatic hydroxyl groups excluding tert-OH is 4. The fraction of sp³-hybridized carbons (Fsp3) is 0.962. The number of aliphatic hydroxyl groups is 5. The molecule has 1 saturated carbocycles. The van der Waals surface area contributed by atoms with E-state index in [2.05, 4.69) is 16.0 Å². The monoisotopic (exact) mass is 623 g/mol. The van der Waals surface area contributed by atoms with Gasteiger partial charge in [-0.15, -0.1) is 0 Å². The number of nitrogens with one attached hydrogen (secondary N) is 3. The van der Waals surface area contributed by atoms with Gasteiger partial charge in [-0.05, 0) is 46.2 Å². The fourth-order valence-electron chi connectivity index (χ4n) is 5.92. The molecule has 0 spiro atoms. The van der Waals surface area contributed by atoms with Crippen molar-refractivity contribution in [1.29, 1.82) is 0 Å². The van der Waals surface area contributed by atoms with Crippen LogP contribution in [0, 0.1) is 0 Å². The molecule has 0 unspecified atom stereocenters. The van der Waals surface area contributed by atoms with Crippen molar-refractivity contribution in [3.63, 3.8) is 0 Å². The summed E-state index contributed by atoms with van der Waals surface area (Å²) in [6, 6.07) is -4.06. The summed E-state index contributed by atoms with van der Waals surface area (Å²) in [6.07, 6.45) is -7.71. The Balaban J connectivity index is 1.80. The largest absolute Gasteiger partial charge is 0.395 e. The van der Waals surface area contributed by atoms with Crippen molar-refractivity contribution in [3.8, 4) is 0 Å². The lowest BCUT2D eigenvalue weighted by atomic mass is 9.83. The maximum atomic E-state index is 12.9. The highest BCUT2D eigenvalue weighted by Crippen LogP contribution is 2.32. The van der Waals surface area contributed by atoms with Crippen LogP contribution in [0.25, 0.3) is 0 Å². The van der Waals surface area contributed by atoms with Crippen LogP contribution in [-0.2, 0) is 23.7 Å². The number of nitrogens with two attached hydrogens (primary N) is 4. The SMILES string of the molecule is CN[C@@H]1[C@@H](O)[C@@H](O[C@@H]2[C@@H](O)[C@H](O[C@H]3O[C@H](CNCCO)CC[C@H]3N)[C@@H](N)C[C@H]2NC(=O)[C@@H](O)[C@@H](N)CCN)OC[C@]1(C)O. The van der Waals surface area contributed by atoms with Crippen LogP contribution >= 0.6 is 0 Å². The minimum Gasteiger partial charge on any atom is -0.395 e. The number of carbonyl (C=O) groups excluding carboxylic acids is 1. The fourth-order valence-corrected chi connectivity index (χ4v) is 5.92. The lowest BCUT2D eigenvalue weighted by Crippen LogP contribution is -2.69. The van der Waals surface area contributed by atoms with Gasteiger partial charge in [0.2, 0.25) is 0 Å². The van der Waals surface area contributed by atoms with Gasteiger partial charge in [0, 0.05) is 25.2 Å². The van der Waals surface area contributed by atoms with Crippen LogP contribution in [-0.4, -0.2) is 156 Å². The highest BCUT2D eigenvalue weighted by Gasteiger charge is 2.52. The highest BCUT2D eigenvalue weighted by atomic mass is 16.7. The number of ether oxygens (including phenoxy) is 4. The zero-order valence-electron chi connectivity index (χ0n) is 25.0. The second kappa shape index (κ2) is 16.4. The average molecular weight is 624 g/mol. The van der Waals surface area contributed by atoms with Crippen LogP contribution in [0.4, 0.5) is 0 Å². The van der Waals surface area contributed by atoms with Gasteiger partial charge in [-0.2, -0.15) is 0 Å². The first-order valence-corrected chi connectivity index (χ1v) is 14.9. The van der Waals surface area contributed by atoms with Gasteiger partial charge in [0.25, 0.3) is 5.91 Å². The molecule has 3 rings (SSSR count). The molecule has 0 radical (unpaired) electrons. The van der Waals surface area contributed by atoms with Crippen molar-refractivity contribution in [1.82, 2.24) is 16.0 Å². The average Bonchev–Trinajstić information content (AvgIpc) is 2.95. The van der Waals surface area contributed by atoms with E-state index in [9.17, 15) is 25.2 Å². The second-order valence-electron chi connectivity index (χ2n) is 12.0. The minimum absolute atomic E-state index is 0.0175. The second-order valence-corrected chi connectivity index (χ2v) is 12.0. The van der Waals surface area contributed by atoms with Crippen LogP contribution in [0.3, 0.4) is 0 Å². The summed E-state index contributed by atoms with van der Waals surface area (Å²) >= 11 is 0. The molecule has 1 amide bonds. The molecule has 0 aromatic carbocycles. The quantitative estimate of drug-likeness (QED) is 0.0801. The van der Waals surface area contributed by atoms with E-state index >= 15 is 0 Å². The topological polar surface area (TPSA) is 295 Å². The predicted molar refractivity (Wildman–Crippen MR) is 153 cm³/mol. The van der Waals surface area contributed by atoms with Gasteiger partial charge in [0.15, 0.2) is 12.6 Å². The van der Waals surface area contributed by atoms with E-state index in [1.165, 1.54) is 6.92 Å². The summed E-state index contributed by atoms with van der Waals surface area (Å²) < 4.78 is 24.0. The zero-order chi connectivity index (χ0) is 31.9. The minimum atomic E-state index is -1.59. The molecule has 2 heterocycles. The maximum absolute atomic E-state index is 12.9. The number of carbonyl (C=O) groups is 1. The van der Waals surface area contributed by atoms with Crippen LogP contribution < -0.4 is 38.9 Å². The third kappa shape index (κ3) is 9.21. The third-order valence-electron chi connectivity index (χ3n) is 8.40. The van der Waals surface area contributed by atoms with Gasteiger partial charge in [0.1, 0.15) is 36.1 Å². The summed E-state index contributed by atoms with van der Waals surface area (Å²) in [4.78, 5) is 12.9. The van der Waals surface area contributed by atoms with Crippen LogP contribution in [0.5, 0.6) is 0 Å². The zero-order valence-corrected chi connectivity index (χ0v) is 25.0. The lowest BCUT2D eigenvalue weighted by Gasteiger charge is -2.49. The van der Waals surface area contributed by atoms with E-state index in [1.54, 1.807) is 7.05 Å². The predicted octanol–water partition coefficient (Wildman–Crippen LogP) is -6.16. The Morgan fingerprint density at radius 1 is 1.12 bits per heavy atom. The van der Waals surface area contributed by atoms with Gasteiger partial charge in [-0.1, -0.05) is 0 Å². The molecule has 252 valence electrons. The summed E-state index contributed by atoms with van der Waals surface area (Å²) in [5, 5.41) is 61.3. The molecule has 14 atom stereocenters. The Morgan fingerprint density at radius 2 is 1.81 bits per heavy atom. The van der Waals surface area contributed by atoms with E-state index in [-0.39, 0.29) is 38.7 Å². The Bertz CT molecular complexity index is 863. The normalized spacial score (nSPS) is 41.9. The summed E-state index contributed by atoms with van der Waals surface area (Å²) in [7, 11) is 1.57. The summed E-state index contributed by atoms with van der Waals surface area (Å²) in [5.74, 6) is -0.810. The van der Waals surface area contributed by atoms with E-state index in [0.29, 0.717) is 25.9 Å². The molecule has 0 bridgehead atoms. The van der Waals surface area contributed by atoms with Crippen LogP contribution in [0.2, 0.25) is 0 Å². The number of hydrogen-bond acceptors (Lipinski definition) is 16. The molecule has 0 aromatic heterocycles. The summed E-state index contributed by atoms with van der Waals surface area (Å²) in [6.45, 7) is 2.33. The molecular formula is C26H53N7O10. The first-order chi connectivity index (χ1) is 20.3. The van der Waals surface area contributed by atoms with Gasteiger partial charge < -0.3 is 83.4 Å². The molecule has 17 heteroatoms. The molecule has 2 aliphatic heterocycles. The van der Waals surface area contributed by atoms with Crippen molar-refractivity contribution in [2.24, 2.45) is 22.9 Å². The molecule has 0 aromatic rings. The molecule has 43 heavy (non-hydrogen) atoms. The maximum Gasteiger partial charge on any atom is 0.250 e. The lowest BCUT2D eigenvalue weighted by molar-refractivity contribution is -0.307. The van der Waals surface area contributed by atoms with Crippen LogP contribution in [0.1, 0.15) is 32.6 Å². The molecular weight excluding hydrogens is 570 g/mol. The van der Waals surface area contributed by atoms with Gasteiger partial charge in [-0.3, -0.25) is 4.79 Å². The summed E-state index contributed by atoms with van der Waals surface area (Å²) in [5.41, 5.74) is 22.7. The molecule has 16 N–H and O–H groups in total. The third-order valence-corrected chi connectivity index (χ3v) is 8.40. The number of amides is 1. The number of hydrogen-bond donors (Lipinski definition) is 12. The van der Waals surface area contributed by atoms with Gasteiger partial charge >= 0.3 is 0 Å². The van der Waals surface area contributed by atoms with Crippen molar-refractivity contribution < 1.29 is 49.3 Å². The Kier molecular flexibility index (Phi) is 13.9. The number of likely N-dealkylation sites (N-methyl/N-ethyl adjacent to an activating group) is 1. The van der Waals surface area contributed by atoms with E-state index in [4.69, 9.17) is 47.0 Å². The van der Waals surface area contributed by atoms with Crippen molar-refractivity contribution in [2.45, 2.75) is 118 Å². The Hall–Kier alpha value is -1.13. The molecule has 3 fully saturated rings. The molecule has 17 nitrogen and oxygen atoms in total. The van der Waals surface area contributed by atoms with Crippen molar-refractivity contribution in [3.05, 3.63) is 0 Å². The first kappa shape index (κ1) is 36.3. The Morgan fingerprint density at radius 3 is 2.47 bits per heavy atom. The van der Waals surface area contributed by atoms with Gasteiger partial charge in [-0.25, -0.2) is 0 Å². The first-order valence-electron chi connectivity index (χ1n) is 14.9. The molecule has 2 saturated heterocycles. The standard InChI is InChI=1S/C26H53N7O10/c1-26(39)11-40-25(19(37)22(26)31-2)43-21-16(33-23(38)17(35)13(28)5-6-27)9-15(30)20(18(21)36)42-24-14(29)4-3-12(41-24)10-32-7-8-34/h12-22,24-25,31-32,34-37,39H,3-11,27-30H2,1-2H3,(H,33,38)/t12-,13-,14+,15-,16+,17-,18-,19+,20+,21-,22+,24+,25+,26-/m0/s1. The molecule has 1 aliphatic carbocycles. The molecule has 3 aliphatic rings. The smallest absolute Gasteiger partial charge is 0.250 e. The number of rotatable bonds is 14. The van der Waals surface area contributed by atoms with Crippen molar-refractivity contribution >= 4 is 5.91 Å². The van der Waals surface area contributed by atoms with E-state index in [1.807, 2.05) is 0 Å². The van der Waals surface area contributed by atoms with E-state index < -0.39 is 84.8 Å². The van der Waals surface area contributed by atoms with E-state index in [0.717, 1.165) is 0 Å². The van der Waals surface area contributed by atoms with Crippen molar-refractivity contribution in [2.75, 3.05) is 39.9 Å². The van der Waals surface area contributed by atoms with Gasteiger partial charge in [0.05, 0.1) is 37.4 Å². The Labute approximate surface area is 251 Å². The highest BCUT2D eigenvalue weighted by molar-refractivity contribution is 5.81. The van der Waals surface area contributed by atoms with Crippen LogP contribution in [0.15, 0.2) is 0 Å².